The van der Waals surface area contributed by atoms with Crippen LogP contribution >= 0.6 is 0 Å². The SMILES string of the molecule is CC(CCCNC(=O)NCC(N)=O)C(=O)O. The van der Waals surface area contributed by atoms with Gasteiger partial charge >= 0.3 is 12.0 Å². The molecule has 0 aromatic heterocycles. The Morgan fingerprint density at radius 2 is 1.94 bits per heavy atom. The van der Waals surface area contributed by atoms with Crippen molar-refractivity contribution in [2.45, 2.75) is 19.8 Å². The van der Waals surface area contributed by atoms with E-state index in [9.17, 15) is 14.4 Å². The zero-order valence-corrected chi connectivity index (χ0v) is 9.16. The molecule has 1 unspecified atom stereocenters. The fraction of sp³-hybridized carbons (Fsp3) is 0.667. The fourth-order valence-electron chi connectivity index (χ4n) is 0.964. The summed E-state index contributed by atoms with van der Waals surface area (Å²) in [6, 6.07) is -0.484. The Labute approximate surface area is 93.4 Å². The average molecular weight is 231 g/mol. The van der Waals surface area contributed by atoms with Gasteiger partial charge in [0, 0.05) is 6.54 Å². The number of aliphatic carboxylic acids is 1. The molecule has 0 saturated carbocycles. The Balaban J connectivity index is 3.48. The highest BCUT2D eigenvalue weighted by Crippen LogP contribution is 2.03. The van der Waals surface area contributed by atoms with Crippen LogP contribution in [0, 0.1) is 5.92 Å². The lowest BCUT2D eigenvalue weighted by Crippen LogP contribution is -2.40. The fourth-order valence-corrected chi connectivity index (χ4v) is 0.964. The second kappa shape index (κ2) is 7.49. The van der Waals surface area contributed by atoms with Gasteiger partial charge in [-0.15, -0.1) is 0 Å². The predicted octanol–water partition coefficient (Wildman–Crippen LogP) is -0.728. The van der Waals surface area contributed by atoms with Crippen molar-refractivity contribution in [2.24, 2.45) is 11.7 Å². The molecule has 92 valence electrons. The van der Waals surface area contributed by atoms with E-state index >= 15 is 0 Å². The van der Waals surface area contributed by atoms with Crippen molar-refractivity contribution >= 4 is 17.9 Å². The first-order valence-corrected chi connectivity index (χ1v) is 4.96. The summed E-state index contributed by atoms with van der Waals surface area (Å²) >= 11 is 0. The van der Waals surface area contributed by atoms with Crippen LogP contribution in [0.25, 0.3) is 0 Å². The second-order valence-corrected chi connectivity index (χ2v) is 3.46. The highest BCUT2D eigenvalue weighted by Gasteiger charge is 2.09. The average Bonchev–Trinajstić information content (AvgIpc) is 2.20. The quantitative estimate of drug-likeness (QED) is 0.431. The van der Waals surface area contributed by atoms with Crippen molar-refractivity contribution < 1.29 is 19.5 Å². The minimum atomic E-state index is -0.849. The van der Waals surface area contributed by atoms with E-state index in [2.05, 4.69) is 10.6 Å². The van der Waals surface area contributed by atoms with E-state index in [-0.39, 0.29) is 6.54 Å². The summed E-state index contributed by atoms with van der Waals surface area (Å²) in [5.74, 6) is -1.89. The zero-order valence-electron chi connectivity index (χ0n) is 9.16. The number of nitrogens with two attached hydrogens (primary N) is 1. The van der Waals surface area contributed by atoms with Crippen molar-refractivity contribution in [3.8, 4) is 0 Å². The van der Waals surface area contributed by atoms with Gasteiger partial charge in [0.25, 0.3) is 0 Å². The lowest BCUT2D eigenvalue weighted by Gasteiger charge is -2.07. The van der Waals surface area contributed by atoms with E-state index in [1.807, 2.05) is 0 Å². The number of carboxylic acid groups (broad SMARTS) is 1. The highest BCUT2D eigenvalue weighted by atomic mass is 16.4. The van der Waals surface area contributed by atoms with Crippen molar-refractivity contribution in [1.82, 2.24) is 10.6 Å². The Morgan fingerprint density at radius 1 is 1.31 bits per heavy atom. The summed E-state index contributed by atoms with van der Waals surface area (Å²) in [4.78, 5) is 31.7. The van der Waals surface area contributed by atoms with Crippen LogP contribution in [0.4, 0.5) is 4.79 Å². The van der Waals surface area contributed by atoms with Gasteiger partial charge in [0.05, 0.1) is 12.5 Å². The van der Waals surface area contributed by atoms with Gasteiger partial charge in [-0.05, 0) is 12.8 Å². The maximum atomic E-state index is 11.0. The molecule has 0 aliphatic heterocycles. The number of carboxylic acids is 1. The Morgan fingerprint density at radius 3 is 2.44 bits per heavy atom. The normalized spacial score (nSPS) is 11.6. The van der Waals surface area contributed by atoms with E-state index in [1.54, 1.807) is 6.92 Å². The molecule has 7 heteroatoms. The smallest absolute Gasteiger partial charge is 0.315 e. The minimum absolute atomic E-state index is 0.211. The third-order valence-corrected chi connectivity index (χ3v) is 1.94. The van der Waals surface area contributed by atoms with E-state index in [4.69, 9.17) is 10.8 Å². The van der Waals surface area contributed by atoms with Crippen LogP contribution in [-0.4, -0.2) is 36.1 Å². The molecule has 0 aromatic carbocycles. The maximum absolute atomic E-state index is 11.0. The van der Waals surface area contributed by atoms with Crippen LogP contribution in [-0.2, 0) is 9.59 Å². The van der Waals surface area contributed by atoms with Crippen molar-refractivity contribution in [2.75, 3.05) is 13.1 Å². The zero-order chi connectivity index (χ0) is 12.6. The maximum Gasteiger partial charge on any atom is 0.315 e. The van der Waals surface area contributed by atoms with E-state index in [0.29, 0.717) is 19.4 Å². The van der Waals surface area contributed by atoms with Crippen molar-refractivity contribution in [1.29, 1.82) is 0 Å². The minimum Gasteiger partial charge on any atom is -0.481 e. The number of carbonyl (C=O) groups excluding carboxylic acids is 2. The molecule has 0 spiro atoms. The molecule has 0 rings (SSSR count). The van der Waals surface area contributed by atoms with Gasteiger partial charge in [-0.25, -0.2) is 4.79 Å². The lowest BCUT2D eigenvalue weighted by atomic mass is 10.1. The number of nitrogens with one attached hydrogen (secondary N) is 2. The molecule has 0 aliphatic carbocycles. The molecule has 0 saturated heterocycles. The summed E-state index contributed by atoms with van der Waals surface area (Å²) < 4.78 is 0. The Hall–Kier alpha value is -1.79. The molecule has 16 heavy (non-hydrogen) atoms. The molecule has 0 aliphatic rings. The molecule has 0 fully saturated rings. The predicted molar refractivity (Wildman–Crippen MR) is 56.6 cm³/mol. The molecule has 0 heterocycles. The molecule has 0 aromatic rings. The third kappa shape index (κ3) is 7.60. The van der Waals surface area contributed by atoms with Gasteiger partial charge < -0.3 is 21.5 Å². The molecule has 0 radical (unpaired) electrons. The number of urea groups is 1. The number of hydrogen-bond acceptors (Lipinski definition) is 3. The summed E-state index contributed by atoms with van der Waals surface area (Å²) in [5.41, 5.74) is 4.82. The topological polar surface area (TPSA) is 122 Å². The number of rotatable bonds is 7. The van der Waals surface area contributed by atoms with Crippen LogP contribution in [0.2, 0.25) is 0 Å². The molecule has 7 nitrogen and oxygen atoms in total. The van der Waals surface area contributed by atoms with Crippen molar-refractivity contribution in [3.63, 3.8) is 0 Å². The number of amides is 3. The number of carbonyl (C=O) groups is 3. The van der Waals surface area contributed by atoms with Gasteiger partial charge in [-0.1, -0.05) is 6.92 Å². The van der Waals surface area contributed by atoms with Gasteiger partial charge in [0.15, 0.2) is 0 Å². The molecular weight excluding hydrogens is 214 g/mol. The van der Waals surface area contributed by atoms with Gasteiger partial charge in [-0.3, -0.25) is 9.59 Å². The Kier molecular flexibility index (Phi) is 6.66. The number of hydrogen-bond donors (Lipinski definition) is 4. The van der Waals surface area contributed by atoms with Gasteiger partial charge in [0.2, 0.25) is 5.91 Å². The van der Waals surface area contributed by atoms with Crippen LogP contribution in [0.5, 0.6) is 0 Å². The van der Waals surface area contributed by atoms with Crippen LogP contribution in [0.15, 0.2) is 0 Å². The largest absolute Gasteiger partial charge is 0.481 e. The van der Waals surface area contributed by atoms with E-state index in [0.717, 1.165) is 0 Å². The summed E-state index contributed by atoms with van der Waals surface area (Å²) in [5, 5.41) is 13.3. The van der Waals surface area contributed by atoms with Crippen LogP contribution < -0.4 is 16.4 Å². The highest BCUT2D eigenvalue weighted by molar-refractivity contribution is 5.82. The van der Waals surface area contributed by atoms with Crippen molar-refractivity contribution in [3.05, 3.63) is 0 Å². The molecule has 0 bridgehead atoms. The molecule has 5 N–H and O–H groups in total. The van der Waals surface area contributed by atoms with Gasteiger partial charge in [-0.2, -0.15) is 0 Å². The molecule has 1 atom stereocenters. The van der Waals surface area contributed by atoms with Crippen LogP contribution in [0.1, 0.15) is 19.8 Å². The van der Waals surface area contributed by atoms with Crippen LogP contribution in [0.3, 0.4) is 0 Å². The summed E-state index contributed by atoms with van der Waals surface area (Å²) in [7, 11) is 0. The van der Waals surface area contributed by atoms with Gasteiger partial charge in [0.1, 0.15) is 0 Å². The van der Waals surface area contributed by atoms with E-state index < -0.39 is 23.8 Å². The molecular formula is C9H17N3O4. The Bertz CT molecular complexity index is 267. The first kappa shape index (κ1) is 14.2. The van der Waals surface area contributed by atoms with E-state index in [1.165, 1.54) is 0 Å². The third-order valence-electron chi connectivity index (χ3n) is 1.94. The number of primary amides is 1. The molecule has 3 amide bonds. The first-order chi connectivity index (χ1) is 7.43. The summed E-state index contributed by atoms with van der Waals surface area (Å²) in [6.07, 6.45) is 1.06. The second-order valence-electron chi connectivity index (χ2n) is 3.46. The lowest BCUT2D eigenvalue weighted by molar-refractivity contribution is -0.141. The first-order valence-electron chi connectivity index (χ1n) is 4.96. The summed E-state index contributed by atoms with van der Waals surface area (Å²) in [6.45, 7) is 1.76. The monoisotopic (exact) mass is 231 g/mol. The standard InChI is InChI=1S/C9H17N3O4/c1-6(8(14)15)3-2-4-11-9(16)12-5-7(10)13/h6H,2-5H2,1H3,(H2,10,13)(H,14,15)(H2,11,12,16).